The summed E-state index contributed by atoms with van der Waals surface area (Å²) in [5, 5.41) is 5.96. The third kappa shape index (κ3) is 3.04. The second-order valence-electron chi connectivity index (χ2n) is 4.78. The van der Waals surface area contributed by atoms with Crippen LogP contribution < -0.4 is 15.4 Å². The minimum atomic E-state index is -0.294. The van der Waals surface area contributed by atoms with Crippen molar-refractivity contribution >= 4 is 29.1 Å². The zero-order chi connectivity index (χ0) is 15.5. The molecule has 0 saturated carbocycles. The number of halogens is 1. The van der Waals surface area contributed by atoms with Crippen molar-refractivity contribution in [1.82, 2.24) is 5.32 Å². The zero-order valence-electron chi connectivity index (χ0n) is 11.6. The van der Waals surface area contributed by atoms with E-state index in [1.165, 1.54) is 0 Å². The number of rotatable bonds is 2. The number of benzene rings is 2. The summed E-state index contributed by atoms with van der Waals surface area (Å²) in [7, 11) is 0. The molecule has 5 nitrogen and oxygen atoms in total. The molecule has 2 amide bonds. The monoisotopic (exact) mass is 316 g/mol. The third-order valence-electron chi connectivity index (χ3n) is 3.21. The van der Waals surface area contributed by atoms with E-state index in [0.717, 1.165) is 0 Å². The molecule has 0 radical (unpaired) electrons. The number of ether oxygens (including phenoxy) is 1. The lowest BCUT2D eigenvalue weighted by Gasteiger charge is -2.09. The highest BCUT2D eigenvalue weighted by Gasteiger charge is 2.17. The molecule has 0 aromatic heterocycles. The van der Waals surface area contributed by atoms with Crippen molar-refractivity contribution in [2.45, 2.75) is 0 Å². The number of amides is 2. The van der Waals surface area contributed by atoms with Crippen LogP contribution in [0.2, 0.25) is 5.02 Å². The molecule has 2 aromatic rings. The number of carbonyl (C=O) groups excluding carboxylic acids is 2. The SMILES string of the molecule is O=C(Nc1ccc2c(c1)C(=O)NCCO2)c1cccc(Cl)c1. The van der Waals surface area contributed by atoms with Gasteiger partial charge in [0.25, 0.3) is 11.8 Å². The standard InChI is InChI=1S/C16H13ClN2O3/c17-11-3-1-2-10(8-11)15(20)19-12-4-5-14-13(9-12)16(21)18-6-7-22-14/h1-5,8-9H,6-7H2,(H,18,21)(H,19,20). The first-order valence-electron chi connectivity index (χ1n) is 6.75. The lowest BCUT2D eigenvalue weighted by Crippen LogP contribution is -2.24. The summed E-state index contributed by atoms with van der Waals surface area (Å²) in [5.74, 6) is -0.000456. The lowest BCUT2D eigenvalue weighted by atomic mass is 10.1. The third-order valence-corrected chi connectivity index (χ3v) is 3.45. The van der Waals surface area contributed by atoms with Crippen LogP contribution in [0.1, 0.15) is 20.7 Å². The molecule has 3 rings (SSSR count). The molecule has 0 bridgehead atoms. The van der Waals surface area contributed by atoms with Gasteiger partial charge in [0.2, 0.25) is 0 Å². The fraction of sp³-hybridized carbons (Fsp3) is 0.125. The summed E-state index contributed by atoms with van der Waals surface area (Å²) in [6, 6.07) is 11.6. The molecule has 1 aliphatic heterocycles. The van der Waals surface area contributed by atoms with E-state index < -0.39 is 0 Å². The molecule has 0 fully saturated rings. The largest absolute Gasteiger partial charge is 0.491 e. The highest BCUT2D eigenvalue weighted by Crippen LogP contribution is 2.24. The Balaban J connectivity index is 1.84. The summed E-state index contributed by atoms with van der Waals surface area (Å²) in [4.78, 5) is 24.1. The summed E-state index contributed by atoms with van der Waals surface area (Å²) in [6.45, 7) is 0.880. The summed E-state index contributed by atoms with van der Waals surface area (Å²) < 4.78 is 5.47. The normalized spacial score (nSPS) is 13.4. The van der Waals surface area contributed by atoms with Crippen LogP contribution in [0.4, 0.5) is 5.69 Å². The molecule has 0 aliphatic carbocycles. The number of hydrogen-bond donors (Lipinski definition) is 2. The Hall–Kier alpha value is -2.53. The molecule has 112 valence electrons. The van der Waals surface area contributed by atoms with Crippen molar-refractivity contribution in [3.05, 3.63) is 58.6 Å². The fourth-order valence-corrected chi connectivity index (χ4v) is 2.36. The van der Waals surface area contributed by atoms with Crippen molar-refractivity contribution in [2.75, 3.05) is 18.5 Å². The van der Waals surface area contributed by atoms with Crippen molar-refractivity contribution in [3.63, 3.8) is 0 Å². The van der Waals surface area contributed by atoms with E-state index in [-0.39, 0.29) is 11.8 Å². The summed E-state index contributed by atoms with van der Waals surface area (Å²) in [6.07, 6.45) is 0. The Morgan fingerprint density at radius 2 is 2.09 bits per heavy atom. The van der Waals surface area contributed by atoms with Crippen LogP contribution in [0.25, 0.3) is 0 Å². The first kappa shape index (κ1) is 14.4. The molecular weight excluding hydrogens is 304 g/mol. The number of anilines is 1. The van der Waals surface area contributed by atoms with Crippen molar-refractivity contribution in [2.24, 2.45) is 0 Å². The Kier molecular flexibility index (Phi) is 3.98. The Labute approximate surface area is 132 Å². The maximum Gasteiger partial charge on any atom is 0.255 e. The van der Waals surface area contributed by atoms with E-state index in [9.17, 15) is 9.59 Å². The van der Waals surface area contributed by atoms with Crippen LogP contribution in [-0.4, -0.2) is 25.0 Å². The van der Waals surface area contributed by atoms with Crippen LogP contribution in [0.3, 0.4) is 0 Å². The molecule has 2 N–H and O–H groups in total. The molecule has 6 heteroatoms. The van der Waals surface area contributed by atoms with Crippen molar-refractivity contribution in [3.8, 4) is 5.75 Å². The molecule has 1 aliphatic rings. The topological polar surface area (TPSA) is 67.4 Å². The fourth-order valence-electron chi connectivity index (χ4n) is 2.16. The number of carbonyl (C=O) groups is 2. The predicted octanol–water partition coefficient (Wildman–Crippen LogP) is 2.71. The smallest absolute Gasteiger partial charge is 0.255 e. The summed E-state index contributed by atoms with van der Waals surface area (Å²) in [5.41, 5.74) is 1.37. The lowest BCUT2D eigenvalue weighted by molar-refractivity contribution is 0.0955. The minimum Gasteiger partial charge on any atom is -0.491 e. The quantitative estimate of drug-likeness (QED) is 0.895. The molecule has 1 heterocycles. The van der Waals surface area contributed by atoms with Gasteiger partial charge in [0.1, 0.15) is 12.4 Å². The second kappa shape index (κ2) is 6.07. The van der Waals surface area contributed by atoms with Gasteiger partial charge in [-0.3, -0.25) is 9.59 Å². The van der Waals surface area contributed by atoms with Crippen molar-refractivity contribution < 1.29 is 14.3 Å². The van der Waals surface area contributed by atoms with Crippen LogP contribution in [0.15, 0.2) is 42.5 Å². The van der Waals surface area contributed by atoms with Crippen LogP contribution >= 0.6 is 11.6 Å². The molecular formula is C16H13ClN2O3. The minimum absolute atomic E-state index is 0.216. The molecule has 22 heavy (non-hydrogen) atoms. The maximum atomic E-state index is 12.2. The van der Waals surface area contributed by atoms with Gasteiger partial charge in [-0.1, -0.05) is 17.7 Å². The van der Waals surface area contributed by atoms with Gasteiger partial charge in [-0.05, 0) is 36.4 Å². The second-order valence-corrected chi connectivity index (χ2v) is 5.22. The molecule has 0 atom stereocenters. The van der Waals surface area contributed by atoms with Crippen LogP contribution in [0, 0.1) is 0 Å². The Morgan fingerprint density at radius 1 is 1.23 bits per heavy atom. The van der Waals surface area contributed by atoms with Gasteiger partial charge in [0, 0.05) is 16.3 Å². The molecule has 0 unspecified atom stereocenters. The number of nitrogens with one attached hydrogen (secondary N) is 2. The molecule has 2 aromatic carbocycles. The molecule has 0 spiro atoms. The van der Waals surface area contributed by atoms with Crippen LogP contribution in [-0.2, 0) is 0 Å². The van der Waals surface area contributed by atoms with E-state index >= 15 is 0 Å². The van der Waals surface area contributed by atoms with E-state index in [1.54, 1.807) is 42.5 Å². The number of hydrogen-bond acceptors (Lipinski definition) is 3. The van der Waals surface area contributed by atoms with Gasteiger partial charge in [-0.15, -0.1) is 0 Å². The van der Waals surface area contributed by atoms with E-state index in [4.69, 9.17) is 16.3 Å². The Morgan fingerprint density at radius 3 is 2.91 bits per heavy atom. The van der Waals surface area contributed by atoms with Crippen LogP contribution in [0.5, 0.6) is 5.75 Å². The van der Waals surface area contributed by atoms with Gasteiger partial charge in [0.05, 0.1) is 12.1 Å². The highest BCUT2D eigenvalue weighted by atomic mass is 35.5. The molecule has 0 saturated heterocycles. The maximum absolute atomic E-state index is 12.2. The average Bonchev–Trinajstić information content (AvgIpc) is 2.69. The van der Waals surface area contributed by atoms with E-state index in [1.807, 2.05) is 0 Å². The first-order chi connectivity index (χ1) is 10.6. The predicted molar refractivity (Wildman–Crippen MR) is 83.7 cm³/mol. The Bertz CT molecular complexity index is 746. The van der Waals surface area contributed by atoms with Gasteiger partial charge in [0.15, 0.2) is 0 Å². The van der Waals surface area contributed by atoms with E-state index in [2.05, 4.69) is 10.6 Å². The van der Waals surface area contributed by atoms with Gasteiger partial charge >= 0.3 is 0 Å². The average molecular weight is 317 g/mol. The van der Waals surface area contributed by atoms with Crippen molar-refractivity contribution in [1.29, 1.82) is 0 Å². The zero-order valence-corrected chi connectivity index (χ0v) is 12.3. The van der Waals surface area contributed by atoms with E-state index in [0.29, 0.717) is 40.7 Å². The van der Waals surface area contributed by atoms with Gasteiger partial charge < -0.3 is 15.4 Å². The number of fused-ring (bicyclic) bond motifs is 1. The van der Waals surface area contributed by atoms with Gasteiger partial charge in [-0.25, -0.2) is 0 Å². The first-order valence-corrected chi connectivity index (χ1v) is 7.13. The van der Waals surface area contributed by atoms with Gasteiger partial charge in [-0.2, -0.15) is 0 Å². The highest BCUT2D eigenvalue weighted by molar-refractivity contribution is 6.31. The summed E-state index contributed by atoms with van der Waals surface area (Å²) >= 11 is 5.87.